The van der Waals surface area contributed by atoms with E-state index in [1.165, 1.54) is 0 Å². The third-order valence-electron chi connectivity index (χ3n) is 4.67. The van der Waals surface area contributed by atoms with E-state index in [0.717, 1.165) is 18.4 Å². The van der Waals surface area contributed by atoms with Gasteiger partial charge in [-0.25, -0.2) is 4.98 Å². The van der Waals surface area contributed by atoms with E-state index in [2.05, 4.69) is 29.4 Å². The van der Waals surface area contributed by atoms with Gasteiger partial charge in [0.05, 0.1) is 23.3 Å². The lowest BCUT2D eigenvalue weighted by Gasteiger charge is -2.19. The van der Waals surface area contributed by atoms with E-state index in [-0.39, 0.29) is 12.0 Å². The molecule has 0 aliphatic heterocycles. The Hall–Kier alpha value is -3.93. The van der Waals surface area contributed by atoms with E-state index in [1.807, 2.05) is 60.9 Å². The van der Waals surface area contributed by atoms with Gasteiger partial charge in [-0.15, -0.1) is 0 Å². The highest BCUT2D eigenvalue weighted by Gasteiger charge is 2.15. The summed E-state index contributed by atoms with van der Waals surface area (Å²) < 4.78 is 1.91. The van der Waals surface area contributed by atoms with Gasteiger partial charge in [-0.05, 0) is 44.6 Å². The third kappa shape index (κ3) is 5.17. The van der Waals surface area contributed by atoms with Gasteiger partial charge >= 0.3 is 0 Å². The summed E-state index contributed by atoms with van der Waals surface area (Å²) in [5, 5.41) is 6.70. The molecule has 0 amide bonds. The number of nitrogens with one attached hydrogen (secondary N) is 2. The summed E-state index contributed by atoms with van der Waals surface area (Å²) in [4.78, 5) is 28.5. The number of anilines is 2. The fraction of sp³-hybridized carbons (Fsp3) is 0.160. The van der Waals surface area contributed by atoms with Crippen LogP contribution < -0.4 is 16.1 Å². The summed E-state index contributed by atoms with van der Waals surface area (Å²) in [6.45, 7) is 7.97. The molecular formula is C25H26N4O2. The predicted molar refractivity (Wildman–Crippen MR) is 129 cm³/mol. The van der Waals surface area contributed by atoms with Crippen LogP contribution >= 0.6 is 0 Å². The van der Waals surface area contributed by atoms with Gasteiger partial charge in [-0.1, -0.05) is 43.0 Å². The van der Waals surface area contributed by atoms with E-state index in [9.17, 15) is 9.59 Å². The second-order valence-electron chi connectivity index (χ2n) is 6.96. The number of carbonyl (C=O) groups excluding carboxylic acids is 1. The van der Waals surface area contributed by atoms with Crippen LogP contribution in [0.5, 0.6) is 0 Å². The highest BCUT2D eigenvalue weighted by atomic mass is 16.1. The minimum absolute atomic E-state index is 0.152. The van der Waals surface area contributed by atoms with Crippen LogP contribution in [0, 0.1) is 6.92 Å². The number of fused-ring (bicyclic) bond motifs is 1. The van der Waals surface area contributed by atoms with Crippen LogP contribution in [0.1, 0.15) is 19.0 Å². The first-order chi connectivity index (χ1) is 15.0. The summed E-state index contributed by atoms with van der Waals surface area (Å²) in [5.74, 6) is 0.569. The van der Waals surface area contributed by atoms with E-state index >= 15 is 0 Å². The van der Waals surface area contributed by atoms with Gasteiger partial charge in [0.1, 0.15) is 17.8 Å². The van der Waals surface area contributed by atoms with Crippen LogP contribution in [-0.4, -0.2) is 22.4 Å². The molecule has 1 aliphatic rings. The van der Waals surface area contributed by atoms with Crippen LogP contribution in [0.15, 0.2) is 83.9 Å². The van der Waals surface area contributed by atoms with Gasteiger partial charge in [0.15, 0.2) is 5.43 Å². The van der Waals surface area contributed by atoms with Crippen molar-refractivity contribution in [1.82, 2.24) is 9.55 Å². The molecule has 0 atom stereocenters. The average Bonchev–Trinajstić information content (AvgIpc) is 3.02. The first kappa shape index (κ1) is 21.8. The second kappa shape index (κ2) is 10.2. The Bertz CT molecular complexity index is 1210. The zero-order valence-electron chi connectivity index (χ0n) is 17.8. The molecule has 6 heteroatoms. The lowest BCUT2D eigenvalue weighted by atomic mass is 10.2. The Morgan fingerprint density at radius 3 is 2.90 bits per heavy atom. The van der Waals surface area contributed by atoms with Crippen molar-refractivity contribution in [3.8, 4) is 0 Å². The van der Waals surface area contributed by atoms with E-state index in [0.29, 0.717) is 33.9 Å². The standard InChI is InChI=1S/C25H26N4O2/c1-4-5-8-11-18(2)27-24-17-23(31)21-16-22(26-14-15-30)19(3)28-25(21)29(24)20-12-9-6-7-10-13-20/h4-6,8-13,15-17,26-27H,2,7,14H2,1,3H3/b5-4-,11-8-. The maximum absolute atomic E-state index is 13.0. The Morgan fingerprint density at radius 2 is 2.13 bits per heavy atom. The maximum atomic E-state index is 13.0. The van der Waals surface area contributed by atoms with E-state index in [1.54, 1.807) is 12.1 Å². The fourth-order valence-electron chi connectivity index (χ4n) is 3.22. The lowest BCUT2D eigenvalue weighted by molar-refractivity contribution is -0.106. The molecule has 2 aromatic heterocycles. The van der Waals surface area contributed by atoms with Crippen molar-refractivity contribution in [2.24, 2.45) is 0 Å². The Kier molecular flexibility index (Phi) is 7.17. The normalized spacial score (nSPS) is 13.5. The van der Waals surface area contributed by atoms with Gasteiger partial charge in [0, 0.05) is 17.5 Å². The Labute approximate surface area is 181 Å². The van der Waals surface area contributed by atoms with Crippen molar-refractivity contribution in [2.45, 2.75) is 20.3 Å². The molecule has 0 aromatic carbocycles. The lowest BCUT2D eigenvalue weighted by Crippen LogP contribution is -2.16. The first-order valence-electron chi connectivity index (χ1n) is 10.1. The van der Waals surface area contributed by atoms with Crippen molar-refractivity contribution in [3.05, 3.63) is 95.0 Å². The molecule has 0 unspecified atom stereocenters. The largest absolute Gasteiger partial charge is 0.377 e. The van der Waals surface area contributed by atoms with Crippen LogP contribution in [0.25, 0.3) is 16.7 Å². The van der Waals surface area contributed by atoms with Gasteiger partial charge in [-0.3, -0.25) is 9.36 Å². The number of hydrogen-bond donors (Lipinski definition) is 2. The summed E-state index contributed by atoms with van der Waals surface area (Å²) in [6, 6.07) is 3.29. The Balaban J connectivity index is 2.22. The van der Waals surface area contributed by atoms with Crippen LogP contribution in [0.3, 0.4) is 0 Å². The van der Waals surface area contributed by atoms with Crippen LogP contribution in [-0.2, 0) is 4.79 Å². The SMILES string of the molecule is C=C(/C=C\C=C/C)Nc1cc(=O)c2cc(NCC=O)c(C)nc2n1C1=CC=CCC=C1. The molecule has 2 heterocycles. The van der Waals surface area contributed by atoms with Gasteiger partial charge in [-0.2, -0.15) is 0 Å². The number of nitrogens with zero attached hydrogens (tertiary/aromatic N) is 2. The second-order valence-corrected chi connectivity index (χ2v) is 6.96. The van der Waals surface area contributed by atoms with Crippen molar-refractivity contribution in [2.75, 3.05) is 17.2 Å². The first-order valence-corrected chi connectivity index (χ1v) is 10.1. The van der Waals surface area contributed by atoms with Crippen LogP contribution in [0.4, 0.5) is 11.5 Å². The summed E-state index contributed by atoms with van der Waals surface area (Å²) in [7, 11) is 0. The summed E-state index contributed by atoms with van der Waals surface area (Å²) in [5.41, 5.74) is 3.22. The quantitative estimate of drug-likeness (QED) is 0.482. The molecule has 2 N–H and O–H groups in total. The number of aromatic nitrogens is 2. The van der Waals surface area contributed by atoms with Crippen molar-refractivity contribution >= 4 is 34.5 Å². The van der Waals surface area contributed by atoms with Gasteiger partial charge in [0.2, 0.25) is 0 Å². The predicted octanol–water partition coefficient (Wildman–Crippen LogP) is 4.73. The fourth-order valence-corrected chi connectivity index (χ4v) is 3.22. The van der Waals surface area contributed by atoms with E-state index < -0.39 is 0 Å². The molecule has 158 valence electrons. The maximum Gasteiger partial charge on any atom is 0.193 e. The van der Waals surface area contributed by atoms with Crippen molar-refractivity contribution in [3.63, 3.8) is 0 Å². The molecule has 0 saturated carbocycles. The number of pyridine rings is 2. The number of aryl methyl sites for hydroxylation is 1. The minimum atomic E-state index is -0.172. The number of carbonyl (C=O) groups is 1. The molecule has 2 aromatic rings. The highest BCUT2D eigenvalue weighted by molar-refractivity contribution is 5.87. The molecule has 6 nitrogen and oxygen atoms in total. The monoisotopic (exact) mass is 414 g/mol. The van der Waals surface area contributed by atoms with Gasteiger partial charge < -0.3 is 15.4 Å². The third-order valence-corrected chi connectivity index (χ3v) is 4.67. The number of rotatable bonds is 8. The van der Waals surface area contributed by atoms with E-state index in [4.69, 9.17) is 4.98 Å². The molecule has 0 bridgehead atoms. The zero-order valence-corrected chi connectivity index (χ0v) is 17.8. The smallest absolute Gasteiger partial charge is 0.193 e. The molecular weight excluding hydrogens is 388 g/mol. The minimum Gasteiger partial charge on any atom is -0.377 e. The number of aldehydes is 1. The number of hydrogen-bond acceptors (Lipinski definition) is 5. The Morgan fingerprint density at radius 1 is 1.29 bits per heavy atom. The topological polar surface area (TPSA) is 76.0 Å². The molecule has 0 saturated heterocycles. The highest BCUT2D eigenvalue weighted by Crippen LogP contribution is 2.26. The van der Waals surface area contributed by atoms with Crippen molar-refractivity contribution in [1.29, 1.82) is 0 Å². The molecule has 31 heavy (non-hydrogen) atoms. The average molecular weight is 415 g/mol. The molecule has 0 fully saturated rings. The van der Waals surface area contributed by atoms with Crippen molar-refractivity contribution < 1.29 is 4.79 Å². The molecule has 0 radical (unpaired) electrons. The van der Waals surface area contributed by atoms with Crippen LogP contribution in [0.2, 0.25) is 0 Å². The zero-order chi connectivity index (χ0) is 22.2. The van der Waals surface area contributed by atoms with Gasteiger partial charge in [0.25, 0.3) is 0 Å². The summed E-state index contributed by atoms with van der Waals surface area (Å²) >= 11 is 0. The molecule has 1 aliphatic carbocycles. The summed E-state index contributed by atoms with van der Waals surface area (Å²) in [6.07, 6.45) is 19.2. The number of allylic oxidation sites excluding steroid dienone is 10. The molecule has 0 spiro atoms. The molecule has 3 rings (SSSR count).